The number of likely N-dealkylation sites (tertiary alicyclic amines) is 1. The second-order valence-electron chi connectivity index (χ2n) is 8.26. The number of nitrogens with one attached hydrogen (secondary N) is 1. The number of amides is 2. The molecule has 0 radical (unpaired) electrons. The Labute approximate surface area is 166 Å². The standard InChI is InChI=1S/C23H28N2O3/c1-17-10-11-19(28-17)14-24-21(26)20-15-25(16-23(20)12-6-3-7-13-23)22(27)18-8-4-2-5-9-18/h2,4-5,8-11,20H,3,6-7,12-16H2,1H3,(H,24,26). The van der Waals surface area contributed by atoms with Gasteiger partial charge in [0.15, 0.2) is 0 Å². The summed E-state index contributed by atoms with van der Waals surface area (Å²) in [5, 5.41) is 3.05. The Morgan fingerprint density at radius 2 is 1.86 bits per heavy atom. The van der Waals surface area contributed by atoms with E-state index in [0.29, 0.717) is 25.2 Å². The van der Waals surface area contributed by atoms with Gasteiger partial charge in [0.25, 0.3) is 5.91 Å². The average molecular weight is 380 g/mol. The van der Waals surface area contributed by atoms with E-state index in [1.807, 2.05) is 54.3 Å². The molecule has 1 saturated carbocycles. The minimum atomic E-state index is -0.156. The van der Waals surface area contributed by atoms with Gasteiger partial charge in [-0.05, 0) is 44.0 Å². The first-order valence-electron chi connectivity index (χ1n) is 10.2. The number of furan rings is 1. The number of carbonyl (C=O) groups is 2. The van der Waals surface area contributed by atoms with Crippen molar-refractivity contribution in [2.75, 3.05) is 13.1 Å². The third-order valence-corrected chi connectivity index (χ3v) is 6.35. The van der Waals surface area contributed by atoms with Crippen LogP contribution in [0.2, 0.25) is 0 Å². The second-order valence-corrected chi connectivity index (χ2v) is 8.26. The Hall–Kier alpha value is -2.56. The van der Waals surface area contributed by atoms with Gasteiger partial charge >= 0.3 is 0 Å². The van der Waals surface area contributed by atoms with Crippen LogP contribution in [0.3, 0.4) is 0 Å². The molecule has 1 atom stereocenters. The van der Waals surface area contributed by atoms with E-state index in [1.54, 1.807) is 0 Å². The number of nitrogens with zero attached hydrogens (tertiary/aromatic N) is 1. The number of aryl methyl sites for hydroxylation is 1. The lowest BCUT2D eigenvalue weighted by atomic mass is 9.67. The van der Waals surface area contributed by atoms with Gasteiger partial charge in [-0.3, -0.25) is 9.59 Å². The molecule has 2 aliphatic rings. The predicted octanol–water partition coefficient (Wildman–Crippen LogP) is 3.93. The molecular formula is C23H28N2O3. The SMILES string of the molecule is Cc1ccc(CNC(=O)C2CN(C(=O)c3ccccc3)CC23CCCCC3)o1. The first-order valence-corrected chi connectivity index (χ1v) is 10.2. The first-order chi connectivity index (χ1) is 13.6. The molecule has 2 fully saturated rings. The number of hydrogen-bond acceptors (Lipinski definition) is 3. The molecule has 1 aliphatic carbocycles. The van der Waals surface area contributed by atoms with Gasteiger partial charge in [-0.1, -0.05) is 37.5 Å². The molecule has 1 spiro atoms. The topological polar surface area (TPSA) is 62.6 Å². The maximum Gasteiger partial charge on any atom is 0.253 e. The summed E-state index contributed by atoms with van der Waals surface area (Å²) in [5.74, 6) is 1.52. The van der Waals surface area contributed by atoms with Crippen LogP contribution in [0.1, 0.15) is 54.0 Å². The van der Waals surface area contributed by atoms with Gasteiger partial charge < -0.3 is 14.6 Å². The van der Waals surface area contributed by atoms with Crippen molar-refractivity contribution in [1.29, 1.82) is 0 Å². The second kappa shape index (κ2) is 7.82. The van der Waals surface area contributed by atoms with Gasteiger partial charge in [-0.15, -0.1) is 0 Å². The molecule has 2 aromatic rings. The summed E-state index contributed by atoms with van der Waals surface area (Å²) in [6.07, 6.45) is 5.52. The van der Waals surface area contributed by atoms with Gasteiger partial charge in [-0.25, -0.2) is 0 Å². The molecule has 5 heteroatoms. The Kier molecular flexibility index (Phi) is 5.25. The van der Waals surface area contributed by atoms with Gasteiger partial charge in [0.1, 0.15) is 11.5 Å². The quantitative estimate of drug-likeness (QED) is 0.874. The lowest BCUT2D eigenvalue weighted by Crippen LogP contribution is -2.42. The molecule has 2 amide bonds. The van der Waals surface area contributed by atoms with E-state index in [2.05, 4.69) is 5.32 Å². The molecule has 148 valence electrons. The van der Waals surface area contributed by atoms with Crippen LogP contribution in [0.5, 0.6) is 0 Å². The Morgan fingerprint density at radius 1 is 1.11 bits per heavy atom. The third-order valence-electron chi connectivity index (χ3n) is 6.35. The van der Waals surface area contributed by atoms with E-state index < -0.39 is 0 Å². The van der Waals surface area contributed by atoms with E-state index in [0.717, 1.165) is 37.2 Å². The van der Waals surface area contributed by atoms with Crippen LogP contribution in [0, 0.1) is 18.3 Å². The first kappa shape index (κ1) is 18.8. The number of hydrogen-bond donors (Lipinski definition) is 1. The van der Waals surface area contributed by atoms with Crippen molar-refractivity contribution in [3.05, 3.63) is 59.5 Å². The number of benzene rings is 1. The fourth-order valence-corrected chi connectivity index (χ4v) is 4.89. The highest BCUT2D eigenvalue weighted by Crippen LogP contribution is 2.48. The fraction of sp³-hybridized carbons (Fsp3) is 0.478. The molecule has 0 bridgehead atoms. The minimum Gasteiger partial charge on any atom is -0.465 e. The highest BCUT2D eigenvalue weighted by atomic mass is 16.3. The highest BCUT2D eigenvalue weighted by Gasteiger charge is 2.51. The van der Waals surface area contributed by atoms with Crippen LogP contribution >= 0.6 is 0 Å². The van der Waals surface area contributed by atoms with Crippen LogP contribution in [0.15, 0.2) is 46.9 Å². The zero-order chi connectivity index (χ0) is 19.6. The van der Waals surface area contributed by atoms with Crippen molar-refractivity contribution in [3.8, 4) is 0 Å². The van der Waals surface area contributed by atoms with E-state index in [-0.39, 0.29) is 23.1 Å². The molecule has 1 aliphatic heterocycles. The summed E-state index contributed by atoms with van der Waals surface area (Å²) in [5.41, 5.74) is 0.604. The van der Waals surface area contributed by atoms with Crippen LogP contribution in [0.25, 0.3) is 0 Å². The van der Waals surface area contributed by atoms with E-state index in [1.165, 1.54) is 6.42 Å². The van der Waals surface area contributed by atoms with E-state index in [4.69, 9.17) is 4.42 Å². The summed E-state index contributed by atoms with van der Waals surface area (Å²) in [7, 11) is 0. The average Bonchev–Trinajstić information content (AvgIpc) is 3.30. The summed E-state index contributed by atoms with van der Waals surface area (Å²) in [6, 6.07) is 13.2. The maximum absolute atomic E-state index is 13.1. The monoisotopic (exact) mass is 380 g/mol. The molecule has 28 heavy (non-hydrogen) atoms. The van der Waals surface area contributed by atoms with Gasteiger partial charge in [0.05, 0.1) is 12.5 Å². The van der Waals surface area contributed by atoms with Crippen LogP contribution < -0.4 is 5.32 Å². The fourth-order valence-electron chi connectivity index (χ4n) is 4.89. The Morgan fingerprint density at radius 3 is 2.54 bits per heavy atom. The zero-order valence-electron chi connectivity index (χ0n) is 16.4. The molecule has 1 N–H and O–H groups in total. The van der Waals surface area contributed by atoms with E-state index >= 15 is 0 Å². The van der Waals surface area contributed by atoms with Crippen LogP contribution in [-0.2, 0) is 11.3 Å². The third kappa shape index (κ3) is 3.71. The van der Waals surface area contributed by atoms with Crippen molar-refractivity contribution in [2.45, 2.75) is 45.6 Å². The molecule has 1 aromatic carbocycles. The molecule has 5 nitrogen and oxygen atoms in total. The summed E-state index contributed by atoms with van der Waals surface area (Å²) >= 11 is 0. The lowest BCUT2D eigenvalue weighted by Gasteiger charge is -2.37. The van der Waals surface area contributed by atoms with Crippen molar-refractivity contribution < 1.29 is 14.0 Å². The molecule has 1 saturated heterocycles. The van der Waals surface area contributed by atoms with Gasteiger partial charge in [0, 0.05) is 24.1 Å². The Bertz CT molecular complexity index is 837. The van der Waals surface area contributed by atoms with Crippen LogP contribution in [0.4, 0.5) is 0 Å². The van der Waals surface area contributed by atoms with E-state index in [9.17, 15) is 9.59 Å². The molecule has 1 unspecified atom stereocenters. The smallest absolute Gasteiger partial charge is 0.253 e. The summed E-state index contributed by atoms with van der Waals surface area (Å²) in [4.78, 5) is 28.0. The normalized spacial score (nSPS) is 21.0. The van der Waals surface area contributed by atoms with Gasteiger partial charge in [-0.2, -0.15) is 0 Å². The molecular weight excluding hydrogens is 352 g/mol. The number of rotatable bonds is 4. The van der Waals surface area contributed by atoms with Crippen LogP contribution in [-0.4, -0.2) is 29.8 Å². The molecule has 4 rings (SSSR count). The summed E-state index contributed by atoms with van der Waals surface area (Å²) < 4.78 is 5.57. The zero-order valence-corrected chi connectivity index (χ0v) is 16.4. The minimum absolute atomic E-state index is 0.0301. The maximum atomic E-state index is 13.1. The lowest BCUT2D eigenvalue weighted by molar-refractivity contribution is -0.128. The van der Waals surface area contributed by atoms with Crippen molar-refractivity contribution in [3.63, 3.8) is 0 Å². The summed E-state index contributed by atoms with van der Waals surface area (Å²) in [6.45, 7) is 3.47. The molecule has 1 aromatic heterocycles. The highest BCUT2D eigenvalue weighted by molar-refractivity contribution is 5.95. The van der Waals surface area contributed by atoms with Crippen molar-refractivity contribution >= 4 is 11.8 Å². The van der Waals surface area contributed by atoms with Crippen molar-refractivity contribution in [2.24, 2.45) is 11.3 Å². The largest absolute Gasteiger partial charge is 0.465 e. The molecule has 2 heterocycles. The van der Waals surface area contributed by atoms with Gasteiger partial charge in [0.2, 0.25) is 5.91 Å². The predicted molar refractivity (Wildman–Crippen MR) is 107 cm³/mol. The Balaban J connectivity index is 1.50. The van der Waals surface area contributed by atoms with Crippen molar-refractivity contribution in [1.82, 2.24) is 10.2 Å². The number of carbonyl (C=O) groups excluding carboxylic acids is 2.